The number of aryl methyl sites for hydroxylation is 3. The van der Waals surface area contributed by atoms with Crippen LogP contribution in [-0.4, -0.2) is 4.40 Å². The molecule has 4 saturated carbocycles. The largest absolute Gasteiger partial charge is 0.307 e. The normalized spacial score (nSPS) is 26.1. The summed E-state index contributed by atoms with van der Waals surface area (Å²) in [6.07, 6.45) is 11.0. The van der Waals surface area contributed by atoms with Gasteiger partial charge in [-0.3, -0.25) is 0 Å². The fourth-order valence-electron chi connectivity index (χ4n) is 10.7. The molecular formula is C38H35N2+. The van der Waals surface area contributed by atoms with Crippen molar-refractivity contribution in [3.63, 3.8) is 0 Å². The Morgan fingerprint density at radius 1 is 0.700 bits per heavy atom. The molecule has 196 valence electrons. The lowest BCUT2D eigenvalue weighted by molar-refractivity contribution is -0.643. The van der Waals surface area contributed by atoms with Gasteiger partial charge in [0, 0.05) is 16.8 Å². The number of benzene rings is 4. The van der Waals surface area contributed by atoms with Crippen LogP contribution in [0.3, 0.4) is 0 Å². The summed E-state index contributed by atoms with van der Waals surface area (Å²) in [6.45, 7) is 4.70. The Morgan fingerprint density at radius 3 is 2.02 bits per heavy atom. The molecule has 0 spiro atoms. The quantitative estimate of drug-likeness (QED) is 0.116. The highest BCUT2D eigenvalue weighted by Gasteiger charge is 2.52. The monoisotopic (exact) mass is 519 g/mol. The lowest BCUT2D eigenvalue weighted by Gasteiger charge is -2.57. The third kappa shape index (κ3) is 2.47. The summed E-state index contributed by atoms with van der Waals surface area (Å²) in [7, 11) is 2.25. The van der Waals surface area contributed by atoms with Crippen LogP contribution in [0.2, 0.25) is 0 Å². The van der Waals surface area contributed by atoms with Gasteiger partial charge in [0.15, 0.2) is 6.20 Å². The summed E-state index contributed by atoms with van der Waals surface area (Å²) >= 11 is 0. The van der Waals surface area contributed by atoms with Crippen molar-refractivity contribution in [1.29, 1.82) is 0 Å². The van der Waals surface area contributed by atoms with Crippen molar-refractivity contribution in [1.82, 2.24) is 4.40 Å². The summed E-state index contributed by atoms with van der Waals surface area (Å²) in [4.78, 5) is 0. The number of hydrogen-bond acceptors (Lipinski definition) is 0. The van der Waals surface area contributed by atoms with E-state index in [-0.39, 0.29) is 0 Å². The van der Waals surface area contributed by atoms with Crippen LogP contribution in [0.15, 0.2) is 66.9 Å². The van der Waals surface area contributed by atoms with Crippen molar-refractivity contribution in [3.05, 3.63) is 83.6 Å². The van der Waals surface area contributed by atoms with Crippen LogP contribution in [0.25, 0.3) is 59.8 Å². The minimum absolute atomic E-state index is 0.338. The lowest BCUT2D eigenvalue weighted by Crippen LogP contribution is -2.48. The van der Waals surface area contributed by atoms with Crippen LogP contribution in [-0.2, 0) is 12.5 Å². The SMILES string of the molecule is Cc1c2ccccc2c(C)c2c1c1c3c(cc[n+]1C)cc(C14CC5CC(CC(C5)C1)C4)c1c4ccccc4n2c13. The molecule has 0 radical (unpaired) electrons. The molecule has 11 rings (SSSR count). The molecule has 0 aliphatic heterocycles. The number of pyridine rings is 2. The third-order valence-electron chi connectivity index (χ3n) is 11.8. The molecule has 40 heavy (non-hydrogen) atoms. The molecule has 4 bridgehead atoms. The Labute approximate surface area is 234 Å². The van der Waals surface area contributed by atoms with E-state index < -0.39 is 0 Å². The maximum absolute atomic E-state index is 2.69. The van der Waals surface area contributed by atoms with E-state index in [0.29, 0.717) is 5.41 Å². The number of para-hydroxylation sites is 1. The van der Waals surface area contributed by atoms with E-state index in [4.69, 9.17) is 0 Å². The molecule has 0 unspecified atom stereocenters. The first kappa shape index (κ1) is 22.1. The van der Waals surface area contributed by atoms with Gasteiger partial charge in [-0.05, 0) is 121 Å². The van der Waals surface area contributed by atoms with Gasteiger partial charge in [0.25, 0.3) is 0 Å². The Bertz CT molecular complexity index is 2190. The molecule has 3 heterocycles. The zero-order valence-corrected chi connectivity index (χ0v) is 23.7. The van der Waals surface area contributed by atoms with E-state index in [9.17, 15) is 0 Å². The molecule has 3 aromatic heterocycles. The first-order valence-electron chi connectivity index (χ1n) is 15.4. The molecular weight excluding hydrogens is 484 g/mol. The van der Waals surface area contributed by atoms with Gasteiger partial charge in [-0.2, -0.15) is 0 Å². The second-order valence-electron chi connectivity index (χ2n) is 14.0. The fourth-order valence-corrected chi connectivity index (χ4v) is 10.7. The number of fused-ring (bicyclic) bond motifs is 7. The summed E-state index contributed by atoms with van der Waals surface area (Å²) in [5.41, 5.74) is 10.4. The number of aromatic nitrogens is 2. The third-order valence-corrected chi connectivity index (χ3v) is 11.8. The van der Waals surface area contributed by atoms with Crippen molar-refractivity contribution in [2.45, 2.75) is 57.8 Å². The highest BCUT2D eigenvalue weighted by molar-refractivity contribution is 6.29. The Kier molecular flexibility index (Phi) is 3.95. The van der Waals surface area contributed by atoms with Gasteiger partial charge in [-0.1, -0.05) is 42.5 Å². The topological polar surface area (TPSA) is 8.29 Å². The maximum atomic E-state index is 2.69. The van der Waals surface area contributed by atoms with Crippen LogP contribution in [0.4, 0.5) is 0 Å². The summed E-state index contributed by atoms with van der Waals surface area (Å²) < 4.78 is 5.08. The average Bonchev–Trinajstić information content (AvgIpc) is 3.30. The average molecular weight is 520 g/mol. The Balaban J connectivity index is 1.51. The highest BCUT2D eigenvalue weighted by atomic mass is 15.0. The molecule has 0 N–H and O–H groups in total. The number of nitrogens with zero attached hydrogens (tertiary/aromatic N) is 2. The predicted molar refractivity (Wildman–Crippen MR) is 167 cm³/mol. The van der Waals surface area contributed by atoms with E-state index >= 15 is 0 Å². The van der Waals surface area contributed by atoms with Crippen LogP contribution >= 0.6 is 0 Å². The summed E-state index contributed by atoms with van der Waals surface area (Å²) in [5, 5.41) is 10.0. The van der Waals surface area contributed by atoms with Crippen LogP contribution in [0.1, 0.15) is 55.2 Å². The van der Waals surface area contributed by atoms with Gasteiger partial charge in [0.2, 0.25) is 5.52 Å². The van der Waals surface area contributed by atoms with Crippen molar-refractivity contribution < 1.29 is 4.57 Å². The van der Waals surface area contributed by atoms with Gasteiger partial charge in [-0.15, -0.1) is 0 Å². The lowest BCUT2D eigenvalue weighted by atomic mass is 9.47. The first-order chi connectivity index (χ1) is 19.5. The van der Waals surface area contributed by atoms with Gasteiger partial charge in [0.05, 0.1) is 27.3 Å². The first-order valence-corrected chi connectivity index (χ1v) is 15.4. The molecule has 4 aromatic carbocycles. The minimum atomic E-state index is 0.338. The summed E-state index contributed by atoms with van der Waals surface area (Å²) in [5.74, 6) is 2.79. The highest BCUT2D eigenvalue weighted by Crippen LogP contribution is 2.62. The molecule has 4 fully saturated rings. The zero-order chi connectivity index (χ0) is 26.5. The molecule has 0 saturated heterocycles. The minimum Gasteiger partial charge on any atom is -0.307 e. The number of rotatable bonds is 1. The van der Waals surface area contributed by atoms with E-state index in [2.05, 4.69) is 96.7 Å². The molecule has 7 aromatic rings. The van der Waals surface area contributed by atoms with Gasteiger partial charge in [-0.25, -0.2) is 4.57 Å². The Morgan fingerprint density at radius 2 is 1.32 bits per heavy atom. The van der Waals surface area contributed by atoms with Gasteiger partial charge < -0.3 is 4.40 Å². The van der Waals surface area contributed by atoms with Gasteiger partial charge in [0.1, 0.15) is 7.05 Å². The van der Waals surface area contributed by atoms with Crippen LogP contribution in [0, 0.1) is 31.6 Å². The van der Waals surface area contributed by atoms with Crippen LogP contribution in [0.5, 0.6) is 0 Å². The molecule has 2 heteroatoms. The van der Waals surface area contributed by atoms with Crippen molar-refractivity contribution in [2.24, 2.45) is 24.8 Å². The standard InChI is InChI=1S/C38H35N2/c1-21-27-8-4-5-9-28(27)22(2)35-32(21)36-33-26(12-13-39(36)3)17-30(34-29-10-6-7-11-31(29)40(35)37(33)34)38-18-23-14-24(19-38)16-25(15-23)20-38/h4-13,17,23-25H,14-16,18-20H2,1-3H3/q+1. The number of hydrogen-bond donors (Lipinski definition) is 0. The molecule has 0 amide bonds. The van der Waals surface area contributed by atoms with E-state index in [1.165, 1.54) is 104 Å². The molecule has 0 atom stereocenters. The smallest absolute Gasteiger partial charge is 0.224 e. The maximum Gasteiger partial charge on any atom is 0.224 e. The van der Waals surface area contributed by atoms with E-state index in [0.717, 1.165) is 17.8 Å². The van der Waals surface area contributed by atoms with Crippen LogP contribution < -0.4 is 4.57 Å². The summed E-state index contributed by atoms with van der Waals surface area (Å²) in [6, 6.07) is 23.4. The predicted octanol–water partition coefficient (Wildman–Crippen LogP) is 9.05. The Hall–Kier alpha value is -3.65. The van der Waals surface area contributed by atoms with Crippen molar-refractivity contribution in [3.8, 4) is 0 Å². The fraction of sp³-hybridized carbons (Fsp3) is 0.342. The molecule has 4 aliphatic carbocycles. The van der Waals surface area contributed by atoms with E-state index in [1.54, 1.807) is 10.9 Å². The van der Waals surface area contributed by atoms with Gasteiger partial charge >= 0.3 is 0 Å². The van der Waals surface area contributed by atoms with Crippen molar-refractivity contribution >= 4 is 59.8 Å². The zero-order valence-electron chi connectivity index (χ0n) is 23.7. The second kappa shape index (κ2) is 7.16. The van der Waals surface area contributed by atoms with Crippen molar-refractivity contribution in [2.75, 3.05) is 0 Å². The second-order valence-corrected chi connectivity index (χ2v) is 14.0. The molecule has 2 nitrogen and oxygen atoms in total. The molecule has 4 aliphatic rings. The van der Waals surface area contributed by atoms with E-state index in [1.807, 2.05) is 0 Å².